The van der Waals surface area contributed by atoms with Crippen molar-refractivity contribution in [1.29, 1.82) is 0 Å². The molecule has 1 aliphatic rings. The average Bonchev–Trinajstić information content (AvgIpc) is 3.00. The lowest BCUT2D eigenvalue weighted by atomic mass is 10.1. The molecule has 0 aromatic carbocycles. The fourth-order valence-electron chi connectivity index (χ4n) is 2.82. The smallest absolute Gasteiger partial charge is 0.120 e. The highest BCUT2D eigenvalue weighted by Crippen LogP contribution is 2.15. The minimum absolute atomic E-state index is 0.293. The predicted octanol–water partition coefficient (Wildman–Crippen LogP) is 1.81. The van der Waals surface area contributed by atoms with Gasteiger partial charge in [-0.05, 0) is 52.0 Å². The number of hydrogen-bond acceptors (Lipinski definition) is 4. The molecule has 1 saturated heterocycles. The Morgan fingerprint density at radius 2 is 2.42 bits per heavy atom. The summed E-state index contributed by atoms with van der Waals surface area (Å²) in [6.07, 6.45) is 3.08. The van der Waals surface area contributed by atoms with E-state index in [4.69, 9.17) is 4.42 Å². The number of rotatable bonds is 7. The summed E-state index contributed by atoms with van der Waals surface area (Å²) in [5.74, 6) is 1.86. The maximum Gasteiger partial charge on any atom is 0.120 e. The number of nitrogens with zero attached hydrogens (tertiary/aromatic N) is 2. The molecular weight excluding hydrogens is 238 g/mol. The molecule has 4 heteroatoms. The Labute approximate surface area is 116 Å². The third-order valence-electron chi connectivity index (χ3n) is 3.97. The van der Waals surface area contributed by atoms with Crippen molar-refractivity contribution < 1.29 is 4.42 Å². The van der Waals surface area contributed by atoms with Crippen molar-refractivity contribution in [3.05, 3.63) is 24.2 Å². The van der Waals surface area contributed by atoms with E-state index in [0.29, 0.717) is 6.04 Å². The summed E-state index contributed by atoms with van der Waals surface area (Å²) in [5.41, 5.74) is 0. The molecule has 2 atom stereocenters. The van der Waals surface area contributed by atoms with E-state index in [0.717, 1.165) is 24.8 Å². The maximum atomic E-state index is 5.39. The molecular formula is C15H27N3O. The Bertz CT molecular complexity index is 352. The van der Waals surface area contributed by atoms with E-state index in [1.165, 1.54) is 26.1 Å². The van der Waals surface area contributed by atoms with Gasteiger partial charge in [0.25, 0.3) is 0 Å². The molecule has 0 saturated carbocycles. The Morgan fingerprint density at radius 1 is 1.58 bits per heavy atom. The topological polar surface area (TPSA) is 31.6 Å². The van der Waals surface area contributed by atoms with Crippen LogP contribution in [0.5, 0.6) is 0 Å². The average molecular weight is 265 g/mol. The van der Waals surface area contributed by atoms with E-state index in [9.17, 15) is 0 Å². The largest absolute Gasteiger partial charge is 0.468 e. The first-order valence-electron chi connectivity index (χ1n) is 7.29. The van der Waals surface area contributed by atoms with E-state index in [1.54, 1.807) is 6.26 Å². The SMILES string of the molecule is CC(NCCN(C)CC1CCN(C)C1)c1ccco1. The van der Waals surface area contributed by atoms with E-state index in [1.807, 2.05) is 12.1 Å². The summed E-state index contributed by atoms with van der Waals surface area (Å²) in [5, 5.41) is 3.50. The molecule has 0 aliphatic carbocycles. The molecule has 1 aromatic rings. The van der Waals surface area contributed by atoms with Gasteiger partial charge in [0.05, 0.1) is 12.3 Å². The molecule has 19 heavy (non-hydrogen) atoms. The second-order valence-corrected chi connectivity index (χ2v) is 5.87. The second kappa shape index (κ2) is 7.08. The van der Waals surface area contributed by atoms with Gasteiger partial charge in [-0.1, -0.05) is 0 Å². The van der Waals surface area contributed by atoms with Gasteiger partial charge >= 0.3 is 0 Å². The lowest BCUT2D eigenvalue weighted by Crippen LogP contribution is -2.34. The number of furan rings is 1. The third kappa shape index (κ3) is 4.64. The zero-order valence-corrected chi connectivity index (χ0v) is 12.4. The predicted molar refractivity (Wildman–Crippen MR) is 78.2 cm³/mol. The fraction of sp³-hybridized carbons (Fsp3) is 0.733. The summed E-state index contributed by atoms with van der Waals surface area (Å²) < 4.78 is 5.39. The number of nitrogens with one attached hydrogen (secondary N) is 1. The first kappa shape index (κ1) is 14.6. The molecule has 1 aliphatic heterocycles. The van der Waals surface area contributed by atoms with Crippen LogP contribution in [0, 0.1) is 5.92 Å². The van der Waals surface area contributed by atoms with Gasteiger partial charge in [-0.15, -0.1) is 0 Å². The monoisotopic (exact) mass is 265 g/mol. The minimum atomic E-state index is 0.293. The first-order chi connectivity index (χ1) is 9.15. The highest BCUT2D eigenvalue weighted by molar-refractivity contribution is 5.02. The van der Waals surface area contributed by atoms with Gasteiger partial charge in [0.1, 0.15) is 5.76 Å². The third-order valence-corrected chi connectivity index (χ3v) is 3.97. The van der Waals surface area contributed by atoms with Crippen LogP contribution >= 0.6 is 0 Å². The Balaban J connectivity index is 1.60. The van der Waals surface area contributed by atoms with Crippen molar-refractivity contribution in [2.24, 2.45) is 5.92 Å². The molecule has 0 spiro atoms. The van der Waals surface area contributed by atoms with Crippen LogP contribution in [0.2, 0.25) is 0 Å². The minimum Gasteiger partial charge on any atom is -0.468 e. The van der Waals surface area contributed by atoms with Crippen LogP contribution in [0.3, 0.4) is 0 Å². The van der Waals surface area contributed by atoms with Gasteiger partial charge in [-0.2, -0.15) is 0 Å². The summed E-state index contributed by atoms with van der Waals surface area (Å²) in [6, 6.07) is 4.26. The van der Waals surface area contributed by atoms with Crippen molar-refractivity contribution in [1.82, 2.24) is 15.1 Å². The van der Waals surface area contributed by atoms with Crippen LogP contribution in [-0.2, 0) is 0 Å². The highest BCUT2D eigenvalue weighted by Gasteiger charge is 2.20. The van der Waals surface area contributed by atoms with Gasteiger partial charge in [-0.25, -0.2) is 0 Å². The van der Waals surface area contributed by atoms with Gasteiger partial charge in [-0.3, -0.25) is 0 Å². The van der Waals surface area contributed by atoms with Crippen molar-refractivity contribution in [2.45, 2.75) is 19.4 Å². The maximum absolute atomic E-state index is 5.39. The van der Waals surface area contributed by atoms with Gasteiger partial charge in [0.2, 0.25) is 0 Å². The molecule has 4 nitrogen and oxygen atoms in total. The Morgan fingerprint density at radius 3 is 3.05 bits per heavy atom. The molecule has 1 N–H and O–H groups in total. The molecule has 0 radical (unpaired) electrons. The lowest BCUT2D eigenvalue weighted by molar-refractivity contribution is 0.268. The van der Waals surface area contributed by atoms with E-state index >= 15 is 0 Å². The van der Waals surface area contributed by atoms with E-state index in [-0.39, 0.29) is 0 Å². The van der Waals surface area contributed by atoms with Crippen molar-refractivity contribution >= 4 is 0 Å². The molecule has 2 heterocycles. The van der Waals surface area contributed by atoms with Crippen LogP contribution in [0.4, 0.5) is 0 Å². The van der Waals surface area contributed by atoms with Crippen LogP contribution in [0.1, 0.15) is 25.1 Å². The Hall–Kier alpha value is -0.840. The summed E-state index contributed by atoms with van der Waals surface area (Å²) >= 11 is 0. The second-order valence-electron chi connectivity index (χ2n) is 5.87. The van der Waals surface area contributed by atoms with Crippen LogP contribution in [0.25, 0.3) is 0 Å². The van der Waals surface area contributed by atoms with E-state index < -0.39 is 0 Å². The van der Waals surface area contributed by atoms with Gasteiger partial charge < -0.3 is 19.5 Å². The molecule has 0 bridgehead atoms. The fourth-order valence-corrected chi connectivity index (χ4v) is 2.82. The number of likely N-dealkylation sites (tertiary alicyclic amines) is 1. The van der Waals surface area contributed by atoms with Crippen LogP contribution in [0.15, 0.2) is 22.8 Å². The molecule has 108 valence electrons. The van der Waals surface area contributed by atoms with Crippen molar-refractivity contribution in [3.63, 3.8) is 0 Å². The zero-order valence-electron chi connectivity index (χ0n) is 12.4. The Kier molecular flexibility index (Phi) is 5.43. The van der Waals surface area contributed by atoms with E-state index in [2.05, 4.69) is 36.1 Å². The van der Waals surface area contributed by atoms with Crippen molar-refractivity contribution in [2.75, 3.05) is 46.8 Å². The normalized spacial score (nSPS) is 22.2. The molecule has 0 amide bonds. The van der Waals surface area contributed by atoms with Crippen molar-refractivity contribution in [3.8, 4) is 0 Å². The first-order valence-corrected chi connectivity index (χ1v) is 7.29. The molecule has 2 rings (SSSR count). The van der Waals surface area contributed by atoms with Gasteiger partial charge in [0.15, 0.2) is 0 Å². The quantitative estimate of drug-likeness (QED) is 0.815. The summed E-state index contributed by atoms with van der Waals surface area (Å²) in [7, 11) is 4.43. The highest BCUT2D eigenvalue weighted by atomic mass is 16.3. The number of likely N-dealkylation sites (N-methyl/N-ethyl adjacent to an activating group) is 1. The van der Waals surface area contributed by atoms with Crippen LogP contribution < -0.4 is 5.32 Å². The number of hydrogen-bond donors (Lipinski definition) is 1. The zero-order chi connectivity index (χ0) is 13.7. The standard InChI is InChI=1S/C15H27N3O/c1-13(15-5-4-10-19-15)16-7-9-18(3)12-14-6-8-17(2)11-14/h4-5,10,13-14,16H,6-9,11-12H2,1-3H3. The molecule has 2 unspecified atom stereocenters. The summed E-state index contributed by atoms with van der Waals surface area (Å²) in [6.45, 7) is 7.95. The van der Waals surface area contributed by atoms with Crippen LogP contribution in [-0.4, -0.2) is 56.6 Å². The van der Waals surface area contributed by atoms with Gasteiger partial charge in [0, 0.05) is 26.2 Å². The lowest BCUT2D eigenvalue weighted by Gasteiger charge is -2.22. The summed E-state index contributed by atoms with van der Waals surface area (Å²) in [4.78, 5) is 4.86. The molecule has 1 fully saturated rings. The molecule has 1 aromatic heterocycles.